The van der Waals surface area contributed by atoms with Gasteiger partial charge in [-0.15, -0.1) is 0 Å². The minimum atomic E-state index is -1.00. The number of rotatable bonds is 2. The van der Waals surface area contributed by atoms with E-state index in [-0.39, 0.29) is 0 Å². The quantitative estimate of drug-likeness (QED) is 0.479. The Morgan fingerprint density at radius 1 is 1.53 bits per heavy atom. The summed E-state index contributed by atoms with van der Waals surface area (Å²) in [5, 5.41) is 8.76. The highest BCUT2D eigenvalue weighted by atomic mass is 16.5. The molecule has 1 heterocycles. The van der Waals surface area contributed by atoms with Gasteiger partial charge in [-0.05, 0) is 23.8 Å². The van der Waals surface area contributed by atoms with Gasteiger partial charge in [0, 0.05) is 18.1 Å². The predicted octanol–water partition coefficient (Wildman–Crippen LogP) is 1.90. The summed E-state index contributed by atoms with van der Waals surface area (Å²) in [6.07, 6.45) is 3.11. The van der Waals surface area contributed by atoms with Crippen LogP contribution in [0.5, 0.6) is 5.75 Å². The number of benzene rings is 1. The van der Waals surface area contributed by atoms with Gasteiger partial charge in [-0.25, -0.2) is 9.59 Å². The molecule has 0 fully saturated rings. The Morgan fingerprint density at radius 2 is 2.35 bits per heavy atom. The first-order chi connectivity index (χ1) is 8.20. The highest BCUT2D eigenvalue weighted by Crippen LogP contribution is 2.35. The minimum Gasteiger partial charge on any atom is -0.493 e. The molecule has 1 N–H and O–H groups in total. The zero-order valence-corrected chi connectivity index (χ0v) is 8.84. The molecule has 17 heavy (non-hydrogen) atoms. The average Bonchev–Trinajstić information content (AvgIpc) is 2.29. The predicted molar refractivity (Wildman–Crippen MR) is 59.9 cm³/mol. The van der Waals surface area contributed by atoms with E-state index in [4.69, 9.17) is 9.84 Å². The van der Waals surface area contributed by atoms with Crippen LogP contribution in [0.15, 0.2) is 29.3 Å². The highest BCUT2D eigenvalue weighted by molar-refractivity contribution is 5.91. The summed E-state index contributed by atoms with van der Waals surface area (Å²) in [5.41, 5.74) is 1.76. The Bertz CT molecular complexity index is 541. The lowest BCUT2D eigenvalue weighted by molar-refractivity contribution is -0.131. The molecule has 0 aromatic heterocycles. The molecule has 0 spiro atoms. The van der Waals surface area contributed by atoms with Crippen LogP contribution in [0, 0.1) is 0 Å². The normalized spacial score (nSPS) is 15.6. The SMILES string of the molecule is O=C=Nc1ccc2c(c1)/C(=C/C(=O)O)CCO2. The summed E-state index contributed by atoms with van der Waals surface area (Å²) in [7, 11) is 0. The van der Waals surface area contributed by atoms with Gasteiger partial charge in [0.05, 0.1) is 12.3 Å². The zero-order chi connectivity index (χ0) is 12.3. The van der Waals surface area contributed by atoms with E-state index < -0.39 is 5.97 Å². The van der Waals surface area contributed by atoms with Crippen molar-refractivity contribution in [3.05, 3.63) is 29.8 Å². The van der Waals surface area contributed by atoms with Crippen molar-refractivity contribution in [2.24, 2.45) is 4.99 Å². The van der Waals surface area contributed by atoms with Crippen molar-refractivity contribution in [3.63, 3.8) is 0 Å². The van der Waals surface area contributed by atoms with Crippen LogP contribution >= 0.6 is 0 Å². The van der Waals surface area contributed by atoms with E-state index in [9.17, 15) is 9.59 Å². The number of ether oxygens (including phenoxy) is 1. The summed E-state index contributed by atoms with van der Waals surface area (Å²) in [6.45, 7) is 0.447. The fraction of sp³-hybridized carbons (Fsp3) is 0.167. The van der Waals surface area contributed by atoms with Gasteiger partial charge in [-0.3, -0.25) is 0 Å². The standard InChI is InChI=1S/C12H9NO4/c14-7-13-9-1-2-11-10(6-9)8(3-4-17-11)5-12(15)16/h1-2,5-6H,3-4H2,(H,15,16)/b8-5+. The zero-order valence-electron chi connectivity index (χ0n) is 8.84. The van der Waals surface area contributed by atoms with Crippen LogP contribution in [0.25, 0.3) is 5.57 Å². The maximum atomic E-state index is 10.7. The molecule has 0 atom stereocenters. The Labute approximate surface area is 97.1 Å². The van der Waals surface area contributed by atoms with Crippen molar-refractivity contribution >= 4 is 23.3 Å². The number of carbonyl (C=O) groups is 1. The number of aliphatic carboxylic acids is 1. The van der Waals surface area contributed by atoms with Crippen LogP contribution in [0.3, 0.4) is 0 Å². The second-order valence-corrected chi connectivity index (χ2v) is 3.49. The Kier molecular flexibility index (Phi) is 3.03. The molecule has 2 rings (SSSR count). The van der Waals surface area contributed by atoms with Crippen LogP contribution in [0.1, 0.15) is 12.0 Å². The second-order valence-electron chi connectivity index (χ2n) is 3.49. The molecule has 0 aliphatic carbocycles. The van der Waals surface area contributed by atoms with E-state index >= 15 is 0 Å². The van der Waals surface area contributed by atoms with Gasteiger partial charge in [0.15, 0.2) is 0 Å². The van der Waals surface area contributed by atoms with Crippen molar-refractivity contribution in [2.75, 3.05) is 6.61 Å². The van der Waals surface area contributed by atoms with Crippen LogP contribution in [0.2, 0.25) is 0 Å². The van der Waals surface area contributed by atoms with E-state index in [1.165, 1.54) is 6.08 Å². The van der Waals surface area contributed by atoms with E-state index in [1.807, 2.05) is 0 Å². The smallest absolute Gasteiger partial charge is 0.328 e. The molecule has 0 bridgehead atoms. The Hall–Kier alpha value is -2.39. The lowest BCUT2D eigenvalue weighted by atomic mass is 9.99. The fourth-order valence-electron chi connectivity index (χ4n) is 1.72. The monoisotopic (exact) mass is 231 g/mol. The first kappa shape index (κ1) is 11.1. The third-order valence-corrected chi connectivity index (χ3v) is 2.41. The molecule has 1 aliphatic heterocycles. The first-order valence-corrected chi connectivity index (χ1v) is 4.99. The maximum Gasteiger partial charge on any atom is 0.328 e. The number of fused-ring (bicyclic) bond motifs is 1. The molecule has 0 amide bonds. The number of carboxylic acid groups (broad SMARTS) is 1. The van der Waals surface area contributed by atoms with Crippen molar-refractivity contribution in [2.45, 2.75) is 6.42 Å². The molecule has 5 heteroatoms. The van der Waals surface area contributed by atoms with Gasteiger partial charge in [-0.1, -0.05) is 0 Å². The first-order valence-electron chi connectivity index (χ1n) is 4.99. The third kappa shape index (κ3) is 2.41. The molecular formula is C12H9NO4. The average molecular weight is 231 g/mol. The van der Waals surface area contributed by atoms with Crippen LogP contribution in [-0.4, -0.2) is 23.8 Å². The minimum absolute atomic E-state index is 0.431. The van der Waals surface area contributed by atoms with Crippen molar-refractivity contribution in [1.82, 2.24) is 0 Å². The van der Waals surface area contributed by atoms with Gasteiger partial charge < -0.3 is 9.84 Å². The van der Waals surface area contributed by atoms with Gasteiger partial charge in [0.25, 0.3) is 0 Å². The number of carboxylic acids is 1. The number of hydrogen-bond donors (Lipinski definition) is 1. The molecule has 0 radical (unpaired) electrons. The Morgan fingerprint density at radius 3 is 3.06 bits per heavy atom. The van der Waals surface area contributed by atoms with Crippen molar-refractivity contribution in [1.29, 1.82) is 0 Å². The van der Waals surface area contributed by atoms with E-state index in [1.54, 1.807) is 18.2 Å². The van der Waals surface area contributed by atoms with Gasteiger partial charge >= 0.3 is 5.97 Å². The molecule has 0 unspecified atom stereocenters. The fourth-order valence-corrected chi connectivity index (χ4v) is 1.72. The number of isocyanates is 1. The molecule has 1 aromatic carbocycles. The number of hydrogen-bond acceptors (Lipinski definition) is 4. The number of nitrogens with zero attached hydrogens (tertiary/aromatic N) is 1. The Balaban J connectivity index is 2.51. The van der Waals surface area contributed by atoms with E-state index in [0.717, 1.165) is 6.08 Å². The molecule has 1 aromatic rings. The summed E-state index contributed by atoms with van der Waals surface area (Å²) in [5.74, 6) is -0.397. The molecule has 0 saturated heterocycles. The van der Waals surface area contributed by atoms with Crippen molar-refractivity contribution < 1.29 is 19.4 Å². The summed E-state index contributed by atoms with van der Waals surface area (Å²) in [4.78, 5) is 24.3. The lowest BCUT2D eigenvalue weighted by Gasteiger charge is -2.19. The molecular weight excluding hydrogens is 222 g/mol. The molecule has 1 aliphatic rings. The van der Waals surface area contributed by atoms with Crippen LogP contribution in [0.4, 0.5) is 5.69 Å². The van der Waals surface area contributed by atoms with E-state index in [0.29, 0.717) is 35.6 Å². The topological polar surface area (TPSA) is 76.0 Å². The molecule has 0 saturated carbocycles. The highest BCUT2D eigenvalue weighted by Gasteiger charge is 2.16. The third-order valence-electron chi connectivity index (χ3n) is 2.41. The summed E-state index contributed by atoms with van der Waals surface area (Å²) >= 11 is 0. The largest absolute Gasteiger partial charge is 0.493 e. The second kappa shape index (κ2) is 4.63. The van der Waals surface area contributed by atoms with Crippen molar-refractivity contribution in [3.8, 4) is 5.75 Å². The van der Waals surface area contributed by atoms with Gasteiger partial charge in [0.2, 0.25) is 6.08 Å². The van der Waals surface area contributed by atoms with Crippen LogP contribution in [-0.2, 0) is 9.59 Å². The maximum absolute atomic E-state index is 10.7. The van der Waals surface area contributed by atoms with Gasteiger partial charge in [0.1, 0.15) is 5.75 Å². The van der Waals surface area contributed by atoms with Gasteiger partial charge in [-0.2, -0.15) is 4.99 Å². The molecule has 5 nitrogen and oxygen atoms in total. The van der Waals surface area contributed by atoms with E-state index in [2.05, 4.69) is 4.99 Å². The lowest BCUT2D eigenvalue weighted by Crippen LogP contribution is -2.08. The summed E-state index contributed by atoms with van der Waals surface area (Å²) < 4.78 is 5.39. The number of aliphatic imine (C=N–C) groups is 1. The summed E-state index contributed by atoms with van der Waals surface area (Å²) in [6, 6.07) is 4.90. The van der Waals surface area contributed by atoms with Crippen LogP contribution < -0.4 is 4.74 Å². The molecule has 86 valence electrons. The number of carbonyl (C=O) groups excluding carboxylic acids is 1.